The average Bonchev–Trinajstić information content (AvgIpc) is 3.47. The van der Waals surface area contributed by atoms with Crippen molar-refractivity contribution in [1.82, 2.24) is 9.80 Å². The van der Waals surface area contributed by atoms with E-state index in [4.69, 9.17) is 9.47 Å². The zero-order valence-corrected chi connectivity index (χ0v) is 19.7. The summed E-state index contributed by atoms with van der Waals surface area (Å²) in [6, 6.07) is 8.86. The molecule has 3 aliphatic heterocycles. The molecule has 0 aromatic heterocycles. The first-order valence-electron chi connectivity index (χ1n) is 12.2. The Morgan fingerprint density at radius 1 is 1.32 bits per heavy atom. The van der Waals surface area contributed by atoms with Gasteiger partial charge >= 0.3 is 5.97 Å². The maximum absolute atomic E-state index is 14.1. The van der Waals surface area contributed by atoms with E-state index in [1.165, 1.54) is 0 Å². The van der Waals surface area contributed by atoms with Gasteiger partial charge in [0.15, 0.2) is 0 Å². The van der Waals surface area contributed by atoms with Gasteiger partial charge in [-0.15, -0.1) is 6.58 Å². The Hall–Kier alpha value is -2.71. The number of benzene rings is 1. The SMILES string of the molecule is C=CCN(Cc1ccccc1)C(=O)C1N(CCCCO)C(=O)[C@@H]2[C@@H](C(=O)OCC)[C@H]3CCC12O3. The van der Waals surface area contributed by atoms with E-state index >= 15 is 0 Å². The maximum atomic E-state index is 14.1. The molecule has 8 nitrogen and oxygen atoms in total. The number of rotatable bonds is 11. The van der Waals surface area contributed by atoms with E-state index in [9.17, 15) is 19.5 Å². The summed E-state index contributed by atoms with van der Waals surface area (Å²) in [4.78, 5) is 43.9. The smallest absolute Gasteiger partial charge is 0.312 e. The van der Waals surface area contributed by atoms with Crippen LogP contribution in [-0.4, -0.2) is 76.7 Å². The van der Waals surface area contributed by atoms with Crippen LogP contribution in [0.25, 0.3) is 0 Å². The zero-order chi connectivity index (χ0) is 24.3. The Morgan fingerprint density at radius 2 is 2.09 bits per heavy atom. The van der Waals surface area contributed by atoms with Gasteiger partial charge in [0, 0.05) is 26.2 Å². The fourth-order valence-electron chi connectivity index (χ4n) is 5.94. The van der Waals surface area contributed by atoms with Crippen molar-refractivity contribution in [3.8, 4) is 0 Å². The molecule has 3 fully saturated rings. The van der Waals surface area contributed by atoms with Gasteiger partial charge in [-0.05, 0) is 38.2 Å². The van der Waals surface area contributed by atoms with Crippen LogP contribution in [0.2, 0.25) is 0 Å². The molecular formula is C26H34N2O6. The van der Waals surface area contributed by atoms with Crippen molar-refractivity contribution in [2.75, 3.05) is 26.3 Å². The van der Waals surface area contributed by atoms with Crippen LogP contribution in [0.4, 0.5) is 0 Å². The van der Waals surface area contributed by atoms with Crippen LogP contribution >= 0.6 is 0 Å². The number of amides is 2. The Kier molecular flexibility index (Phi) is 7.38. The van der Waals surface area contributed by atoms with E-state index in [2.05, 4.69) is 6.58 Å². The predicted octanol–water partition coefficient (Wildman–Crippen LogP) is 1.91. The third-order valence-corrected chi connectivity index (χ3v) is 7.28. The number of hydrogen-bond donors (Lipinski definition) is 1. The molecule has 0 radical (unpaired) electrons. The van der Waals surface area contributed by atoms with Gasteiger partial charge < -0.3 is 24.4 Å². The Balaban J connectivity index is 1.68. The van der Waals surface area contributed by atoms with Crippen molar-refractivity contribution >= 4 is 17.8 Å². The number of carbonyl (C=O) groups is 3. The minimum absolute atomic E-state index is 0.00976. The van der Waals surface area contributed by atoms with Crippen LogP contribution in [0.5, 0.6) is 0 Å². The molecule has 1 aromatic carbocycles. The summed E-state index contributed by atoms with van der Waals surface area (Å²) in [7, 11) is 0. The van der Waals surface area contributed by atoms with E-state index in [1.807, 2.05) is 30.3 Å². The first-order chi connectivity index (χ1) is 16.5. The number of ether oxygens (including phenoxy) is 2. The summed E-state index contributed by atoms with van der Waals surface area (Å²) in [5.41, 5.74) is -0.0603. The van der Waals surface area contributed by atoms with Gasteiger partial charge in [0.25, 0.3) is 0 Å². The van der Waals surface area contributed by atoms with Gasteiger partial charge in [-0.3, -0.25) is 14.4 Å². The topological polar surface area (TPSA) is 96.4 Å². The highest BCUT2D eigenvalue weighted by atomic mass is 16.6. The number of fused-ring (bicyclic) bond motifs is 1. The van der Waals surface area contributed by atoms with Gasteiger partial charge in [0.1, 0.15) is 11.6 Å². The van der Waals surface area contributed by atoms with Crippen LogP contribution < -0.4 is 0 Å². The molecular weight excluding hydrogens is 436 g/mol. The number of aliphatic hydroxyl groups is 1. The lowest BCUT2D eigenvalue weighted by Crippen LogP contribution is -2.56. The molecule has 1 spiro atoms. The molecule has 1 aromatic rings. The van der Waals surface area contributed by atoms with Crippen molar-refractivity contribution in [2.24, 2.45) is 11.8 Å². The number of aliphatic hydroxyl groups excluding tert-OH is 1. The van der Waals surface area contributed by atoms with Crippen molar-refractivity contribution in [3.63, 3.8) is 0 Å². The second-order valence-electron chi connectivity index (χ2n) is 9.26. The third kappa shape index (κ3) is 4.14. The van der Waals surface area contributed by atoms with E-state index in [0.29, 0.717) is 45.3 Å². The monoisotopic (exact) mass is 470 g/mol. The lowest BCUT2D eigenvalue weighted by atomic mass is 9.70. The maximum Gasteiger partial charge on any atom is 0.312 e. The van der Waals surface area contributed by atoms with Gasteiger partial charge in [-0.2, -0.15) is 0 Å². The van der Waals surface area contributed by atoms with Crippen molar-refractivity contribution in [3.05, 3.63) is 48.6 Å². The molecule has 0 saturated carbocycles. The van der Waals surface area contributed by atoms with Crippen molar-refractivity contribution in [1.29, 1.82) is 0 Å². The van der Waals surface area contributed by atoms with Crippen LogP contribution in [-0.2, 0) is 30.4 Å². The summed E-state index contributed by atoms with van der Waals surface area (Å²) in [6.45, 7) is 6.83. The molecule has 3 aliphatic rings. The zero-order valence-electron chi connectivity index (χ0n) is 19.7. The molecule has 34 heavy (non-hydrogen) atoms. The highest BCUT2D eigenvalue weighted by molar-refractivity contribution is 5.98. The fourth-order valence-corrected chi connectivity index (χ4v) is 5.94. The van der Waals surface area contributed by atoms with Crippen molar-refractivity contribution < 1.29 is 29.0 Å². The minimum atomic E-state index is -1.04. The Bertz CT molecular complexity index is 921. The van der Waals surface area contributed by atoms with E-state index in [-0.39, 0.29) is 25.0 Å². The number of hydrogen-bond acceptors (Lipinski definition) is 6. The molecule has 1 N–H and O–H groups in total. The highest BCUT2D eigenvalue weighted by Crippen LogP contribution is 2.58. The summed E-state index contributed by atoms with van der Waals surface area (Å²) in [5, 5.41) is 9.27. The van der Waals surface area contributed by atoms with Crippen molar-refractivity contribution in [2.45, 2.75) is 56.9 Å². The Labute approximate surface area is 200 Å². The molecule has 2 amide bonds. The normalized spacial score (nSPS) is 29.2. The van der Waals surface area contributed by atoms with E-state index in [1.54, 1.807) is 22.8 Å². The second-order valence-corrected chi connectivity index (χ2v) is 9.26. The van der Waals surface area contributed by atoms with E-state index < -0.39 is 35.6 Å². The molecule has 4 rings (SSSR count). The van der Waals surface area contributed by atoms with Gasteiger partial charge in [-0.1, -0.05) is 36.4 Å². The average molecular weight is 471 g/mol. The molecule has 2 bridgehead atoms. The highest BCUT2D eigenvalue weighted by Gasteiger charge is 2.74. The molecule has 8 heteroatoms. The van der Waals surface area contributed by atoms with Gasteiger partial charge in [0.2, 0.25) is 11.8 Å². The summed E-state index contributed by atoms with van der Waals surface area (Å²) < 4.78 is 11.7. The third-order valence-electron chi connectivity index (χ3n) is 7.28. The number of carbonyl (C=O) groups excluding carboxylic acids is 3. The summed E-state index contributed by atoms with van der Waals surface area (Å²) >= 11 is 0. The van der Waals surface area contributed by atoms with Crippen LogP contribution in [0.15, 0.2) is 43.0 Å². The summed E-state index contributed by atoms with van der Waals surface area (Å²) in [6.07, 6.45) is 3.50. The molecule has 0 aliphatic carbocycles. The lowest BCUT2D eigenvalue weighted by Gasteiger charge is -2.36. The van der Waals surface area contributed by atoms with Crippen LogP contribution in [0, 0.1) is 11.8 Å². The largest absolute Gasteiger partial charge is 0.466 e. The number of likely N-dealkylation sites (tertiary alicyclic amines) is 1. The minimum Gasteiger partial charge on any atom is -0.466 e. The number of nitrogens with zero attached hydrogens (tertiary/aromatic N) is 2. The standard InChI is InChI=1S/C26H34N2O6/c1-3-14-27(17-18-10-6-5-7-11-18)24(31)22-26-13-12-19(34-26)20(25(32)33-4-2)21(26)23(30)28(22)15-8-9-16-29/h3,5-7,10-11,19-22,29H,1,4,8-9,12-17H2,2H3/t19-,20+,21+,22?,26?/m1/s1. The second kappa shape index (κ2) is 10.3. The number of unbranched alkanes of at least 4 members (excludes halogenated alkanes) is 1. The molecule has 5 atom stereocenters. The van der Waals surface area contributed by atoms with Gasteiger partial charge in [-0.25, -0.2) is 0 Å². The van der Waals surface area contributed by atoms with Crippen LogP contribution in [0.1, 0.15) is 38.2 Å². The fraction of sp³-hybridized carbons (Fsp3) is 0.577. The lowest BCUT2D eigenvalue weighted by molar-refractivity contribution is -0.155. The predicted molar refractivity (Wildman–Crippen MR) is 124 cm³/mol. The van der Waals surface area contributed by atoms with Crippen LogP contribution in [0.3, 0.4) is 0 Å². The summed E-state index contributed by atoms with van der Waals surface area (Å²) in [5.74, 6) is -2.27. The van der Waals surface area contributed by atoms with Gasteiger partial charge in [0.05, 0.1) is 24.5 Å². The Morgan fingerprint density at radius 3 is 2.76 bits per heavy atom. The molecule has 3 saturated heterocycles. The quantitative estimate of drug-likeness (QED) is 0.302. The molecule has 184 valence electrons. The molecule has 2 unspecified atom stereocenters. The van der Waals surface area contributed by atoms with E-state index in [0.717, 1.165) is 5.56 Å². The number of esters is 1. The first-order valence-corrected chi connectivity index (χ1v) is 12.2. The molecule has 3 heterocycles. The first kappa shape index (κ1) is 24.4.